The highest BCUT2D eigenvalue weighted by Crippen LogP contribution is 2.10. The number of nitrogens with zero attached hydrogens (tertiary/aromatic N) is 1. The molecule has 3 rings (SSSR count). The molecule has 1 aromatic heterocycles. The van der Waals surface area contributed by atoms with Crippen LogP contribution in [0, 0.1) is 0 Å². The van der Waals surface area contributed by atoms with E-state index in [0.29, 0.717) is 18.8 Å². The number of hydrogen-bond acceptors (Lipinski definition) is 2. The third-order valence-corrected chi connectivity index (χ3v) is 3.96. The average Bonchev–Trinajstić information content (AvgIpc) is 3.02. The van der Waals surface area contributed by atoms with E-state index < -0.39 is 6.04 Å². The lowest BCUT2D eigenvalue weighted by Crippen LogP contribution is -2.52. The molecule has 0 bridgehead atoms. The lowest BCUT2D eigenvalue weighted by Gasteiger charge is -2.24. The largest absolute Gasteiger partial charge is 0.350 e. The van der Waals surface area contributed by atoms with Crippen LogP contribution in [0.15, 0.2) is 42.6 Å². The molecule has 114 valence electrons. The summed E-state index contributed by atoms with van der Waals surface area (Å²) in [5.74, 6) is -0.365. The van der Waals surface area contributed by atoms with Crippen LogP contribution < -0.4 is 10.6 Å². The van der Waals surface area contributed by atoms with Crippen molar-refractivity contribution in [1.29, 1.82) is 0 Å². The van der Waals surface area contributed by atoms with Crippen LogP contribution in [0.25, 0.3) is 0 Å². The number of fused-ring (bicyclic) bond motifs is 1. The third-order valence-electron chi connectivity index (χ3n) is 3.96. The predicted molar refractivity (Wildman–Crippen MR) is 83.4 cm³/mol. The molecule has 0 aliphatic carbocycles. The van der Waals surface area contributed by atoms with Crippen molar-refractivity contribution in [2.45, 2.75) is 32.5 Å². The zero-order valence-electron chi connectivity index (χ0n) is 12.5. The van der Waals surface area contributed by atoms with E-state index in [1.807, 2.05) is 24.4 Å². The molecule has 2 aromatic rings. The molecule has 5 heteroatoms. The van der Waals surface area contributed by atoms with E-state index in [9.17, 15) is 9.59 Å². The average molecular weight is 297 g/mol. The van der Waals surface area contributed by atoms with Crippen LogP contribution in [-0.2, 0) is 24.3 Å². The van der Waals surface area contributed by atoms with Crippen molar-refractivity contribution in [2.75, 3.05) is 0 Å². The summed E-state index contributed by atoms with van der Waals surface area (Å²) in [6.07, 6.45) is 2.82. The number of aryl methyl sites for hydroxylation is 1. The van der Waals surface area contributed by atoms with Crippen LogP contribution in [0.4, 0.5) is 0 Å². The zero-order chi connectivity index (χ0) is 15.5. The maximum Gasteiger partial charge on any atom is 0.268 e. The van der Waals surface area contributed by atoms with Crippen molar-refractivity contribution in [2.24, 2.45) is 0 Å². The van der Waals surface area contributed by atoms with E-state index in [-0.39, 0.29) is 11.8 Å². The Morgan fingerprint density at radius 1 is 1.27 bits per heavy atom. The van der Waals surface area contributed by atoms with E-state index in [2.05, 4.69) is 29.7 Å². The molecule has 1 aromatic carbocycles. The summed E-state index contributed by atoms with van der Waals surface area (Å²) in [5, 5.41) is 5.62. The zero-order valence-corrected chi connectivity index (χ0v) is 12.5. The van der Waals surface area contributed by atoms with Crippen LogP contribution in [0.3, 0.4) is 0 Å². The van der Waals surface area contributed by atoms with Crippen LogP contribution in [0.5, 0.6) is 0 Å². The van der Waals surface area contributed by atoms with Gasteiger partial charge in [-0.15, -0.1) is 0 Å². The minimum atomic E-state index is -0.526. The van der Waals surface area contributed by atoms with Crippen LogP contribution in [-0.4, -0.2) is 22.4 Å². The molecule has 2 N–H and O–H groups in total. The molecule has 2 heterocycles. The molecular weight excluding hydrogens is 278 g/mol. The Hall–Kier alpha value is -2.56. The number of rotatable bonds is 4. The number of carbonyl (C=O) groups excluding carboxylic acids is 2. The first-order valence-electron chi connectivity index (χ1n) is 7.49. The molecule has 0 saturated carbocycles. The minimum Gasteiger partial charge on any atom is -0.350 e. The van der Waals surface area contributed by atoms with Gasteiger partial charge in [-0.1, -0.05) is 31.2 Å². The molecule has 1 aliphatic rings. The normalized spacial score (nSPS) is 16.8. The molecular formula is C17H19N3O2. The quantitative estimate of drug-likeness (QED) is 0.898. The Bertz CT molecular complexity index is 688. The smallest absolute Gasteiger partial charge is 0.268 e. The molecule has 0 radical (unpaired) electrons. The minimum absolute atomic E-state index is 0.160. The fourth-order valence-electron chi connectivity index (χ4n) is 2.61. The van der Waals surface area contributed by atoms with Gasteiger partial charge < -0.3 is 15.2 Å². The second-order valence-electron chi connectivity index (χ2n) is 5.46. The maximum absolute atomic E-state index is 12.2. The SMILES string of the molecule is CCc1ccc(CNC(=O)C2Cn3cccc3C(=O)N2)cc1. The van der Waals surface area contributed by atoms with Crippen molar-refractivity contribution in [3.8, 4) is 0 Å². The van der Waals surface area contributed by atoms with Crippen LogP contribution in [0.1, 0.15) is 28.5 Å². The Labute approximate surface area is 129 Å². The maximum atomic E-state index is 12.2. The van der Waals surface area contributed by atoms with Crippen LogP contribution >= 0.6 is 0 Å². The van der Waals surface area contributed by atoms with Gasteiger partial charge in [0.15, 0.2) is 0 Å². The summed E-state index contributed by atoms with van der Waals surface area (Å²) in [5.41, 5.74) is 2.92. The second-order valence-corrected chi connectivity index (χ2v) is 5.46. The van der Waals surface area contributed by atoms with Gasteiger partial charge in [0.25, 0.3) is 5.91 Å². The van der Waals surface area contributed by atoms with Gasteiger partial charge >= 0.3 is 0 Å². The number of amides is 2. The summed E-state index contributed by atoms with van der Waals surface area (Å²) in [7, 11) is 0. The van der Waals surface area contributed by atoms with Gasteiger partial charge in [-0.2, -0.15) is 0 Å². The van der Waals surface area contributed by atoms with Gasteiger partial charge in [0, 0.05) is 12.7 Å². The van der Waals surface area contributed by atoms with E-state index in [1.165, 1.54) is 5.56 Å². The van der Waals surface area contributed by atoms with Crippen molar-refractivity contribution in [3.05, 3.63) is 59.4 Å². The Balaban J connectivity index is 1.59. The predicted octanol–water partition coefficient (Wildman–Crippen LogP) is 1.48. The molecule has 1 atom stereocenters. The molecule has 5 nitrogen and oxygen atoms in total. The molecule has 0 spiro atoms. The highest BCUT2D eigenvalue weighted by molar-refractivity contribution is 5.97. The summed E-state index contributed by atoms with van der Waals surface area (Å²) in [4.78, 5) is 24.1. The first-order chi connectivity index (χ1) is 10.7. The first kappa shape index (κ1) is 14.4. The number of hydrogen-bond donors (Lipinski definition) is 2. The fraction of sp³-hybridized carbons (Fsp3) is 0.294. The lowest BCUT2D eigenvalue weighted by atomic mass is 10.1. The topological polar surface area (TPSA) is 63.1 Å². The van der Waals surface area contributed by atoms with Gasteiger partial charge in [0.1, 0.15) is 11.7 Å². The molecule has 2 amide bonds. The van der Waals surface area contributed by atoms with Gasteiger partial charge in [0.2, 0.25) is 5.91 Å². The number of aromatic nitrogens is 1. The fourth-order valence-corrected chi connectivity index (χ4v) is 2.61. The standard InChI is InChI=1S/C17H19N3O2/c1-2-12-5-7-13(8-6-12)10-18-16(21)14-11-20-9-3-4-15(20)17(22)19-14/h3-9,14H,2,10-11H2,1H3,(H,18,21)(H,19,22). The van der Waals surface area contributed by atoms with Gasteiger partial charge in [-0.3, -0.25) is 9.59 Å². The van der Waals surface area contributed by atoms with Crippen molar-refractivity contribution in [1.82, 2.24) is 15.2 Å². The van der Waals surface area contributed by atoms with E-state index in [0.717, 1.165) is 12.0 Å². The molecule has 1 unspecified atom stereocenters. The van der Waals surface area contributed by atoms with E-state index >= 15 is 0 Å². The molecule has 1 aliphatic heterocycles. The second kappa shape index (κ2) is 6.05. The Morgan fingerprint density at radius 2 is 2.00 bits per heavy atom. The highest BCUT2D eigenvalue weighted by atomic mass is 16.2. The van der Waals surface area contributed by atoms with Gasteiger partial charge in [0.05, 0.1) is 6.54 Å². The molecule has 22 heavy (non-hydrogen) atoms. The number of carbonyl (C=O) groups is 2. The lowest BCUT2D eigenvalue weighted by molar-refractivity contribution is -0.123. The summed E-state index contributed by atoms with van der Waals surface area (Å²) < 4.78 is 1.80. The summed E-state index contributed by atoms with van der Waals surface area (Å²) in [6, 6.07) is 11.2. The highest BCUT2D eigenvalue weighted by Gasteiger charge is 2.28. The molecule has 0 saturated heterocycles. The number of nitrogens with one attached hydrogen (secondary N) is 2. The van der Waals surface area contributed by atoms with Gasteiger partial charge in [-0.05, 0) is 29.7 Å². The Morgan fingerprint density at radius 3 is 2.73 bits per heavy atom. The van der Waals surface area contributed by atoms with Gasteiger partial charge in [-0.25, -0.2) is 0 Å². The monoisotopic (exact) mass is 297 g/mol. The first-order valence-corrected chi connectivity index (χ1v) is 7.49. The summed E-state index contributed by atoms with van der Waals surface area (Å²) >= 11 is 0. The van der Waals surface area contributed by atoms with Crippen molar-refractivity contribution >= 4 is 11.8 Å². The molecule has 0 fully saturated rings. The van der Waals surface area contributed by atoms with E-state index in [4.69, 9.17) is 0 Å². The summed E-state index contributed by atoms with van der Waals surface area (Å²) in [6.45, 7) is 3.04. The third kappa shape index (κ3) is 2.88. The number of benzene rings is 1. The van der Waals surface area contributed by atoms with Crippen LogP contribution in [0.2, 0.25) is 0 Å². The van der Waals surface area contributed by atoms with Crippen molar-refractivity contribution < 1.29 is 9.59 Å². The van der Waals surface area contributed by atoms with Crippen molar-refractivity contribution in [3.63, 3.8) is 0 Å². The Kier molecular flexibility index (Phi) is 3.96. The van der Waals surface area contributed by atoms with E-state index in [1.54, 1.807) is 10.6 Å².